The number of likely N-dealkylation sites (tertiary alicyclic amines) is 1. The Hall–Kier alpha value is -2.93. The molecule has 0 bridgehead atoms. The number of nitrogens with one attached hydrogen (secondary N) is 2. The zero-order valence-electron chi connectivity index (χ0n) is 16.6. The van der Waals surface area contributed by atoms with E-state index in [2.05, 4.69) is 44.1 Å². The van der Waals surface area contributed by atoms with Crippen LogP contribution in [-0.4, -0.2) is 39.9 Å². The number of aryl methyl sites for hydroxylation is 1. The summed E-state index contributed by atoms with van der Waals surface area (Å²) >= 11 is 0. The Morgan fingerprint density at radius 1 is 1.31 bits per heavy atom. The molecule has 2 amide bonds. The molecule has 1 aromatic carbocycles. The van der Waals surface area contributed by atoms with Crippen LogP contribution in [0.15, 0.2) is 48.8 Å². The lowest BCUT2D eigenvalue weighted by Gasteiger charge is -2.32. The summed E-state index contributed by atoms with van der Waals surface area (Å²) < 4.78 is 15.4. The van der Waals surface area contributed by atoms with Crippen molar-refractivity contribution < 1.29 is 9.18 Å². The van der Waals surface area contributed by atoms with Gasteiger partial charge in [0.05, 0.1) is 11.9 Å². The summed E-state index contributed by atoms with van der Waals surface area (Å²) in [5.41, 5.74) is 3.81. The molecule has 6 nitrogen and oxygen atoms in total. The second-order valence-electron chi connectivity index (χ2n) is 7.72. The maximum absolute atomic E-state index is 13.2. The van der Waals surface area contributed by atoms with Crippen LogP contribution in [0, 0.1) is 18.7 Å². The molecule has 0 aliphatic carbocycles. The molecule has 152 valence electrons. The van der Waals surface area contributed by atoms with E-state index in [1.54, 1.807) is 12.1 Å². The van der Waals surface area contributed by atoms with Gasteiger partial charge in [-0.3, -0.25) is 4.90 Å². The van der Waals surface area contributed by atoms with E-state index in [-0.39, 0.29) is 11.8 Å². The number of amides is 2. The van der Waals surface area contributed by atoms with Crippen molar-refractivity contribution in [2.24, 2.45) is 5.92 Å². The first-order chi connectivity index (χ1) is 14.1. The summed E-state index contributed by atoms with van der Waals surface area (Å²) in [6.07, 6.45) is 6.21. The fourth-order valence-electron chi connectivity index (χ4n) is 3.99. The maximum atomic E-state index is 13.2. The minimum atomic E-state index is -0.367. The highest BCUT2D eigenvalue weighted by Crippen LogP contribution is 2.19. The number of piperidine rings is 1. The van der Waals surface area contributed by atoms with Crippen LogP contribution < -0.4 is 10.6 Å². The van der Waals surface area contributed by atoms with Gasteiger partial charge >= 0.3 is 6.03 Å². The number of anilines is 1. The molecule has 0 spiro atoms. The second kappa shape index (κ2) is 8.61. The van der Waals surface area contributed by atoms with E-state index in [1.807, 2.05) is 12.3 Å². The van der Waals surface area contributed by atoms with Crippen LogP contribution in [0.5, 0.6) is 0 Å². The molecule has 1 atom stereocenters. The second-order valence-corrected chi connectivity index (χ2v) is 7.72. The standard InChI is InChI=1S/C22H26FN5O/c1-16-5-3-10-28-20(13-24-21(16)28)15-27-9-4-6-17(14-27)12-25-22(29)26-19-8-2-7-18(23)11-19/h2-3,5,7-8,10-11,13,17H,4,6,9,12,14-15H2,1H3,(H2,25,26,29). The minimum Gasteiger partial charge on any atom is -0.338 e. The summed E-state index contributed by atoms with van der Waals surface area (Å²) in [6, 6.07) is 9.72. The molecule has 29 heavy (non-hydrogen) atoms. The molecule has 2 aromatic heterocycles. The zero-order chi connectivity index (χ0) is 20.2. The molecule has 1 fully saturated rings. The smallest absolute Gasteiger partial charge is 0.319 e. The van der Waals surface area contributed by atoms with Crippen molar-refractivity contribution in [3.63, 3.8) is 0 Å². The SMILES string of the molecule is Cc1cccn2c(CN3CCCC(CNC(=O)Nc4cccc(F)c4)C3)cnc12. The molecular weight excluding hydrogens is 369 g/mol. The van der Waals surface area contributed by atoms with E-state index in [0.717, 1.165) is 38.1 Å². The Balaban J connectivity index is 1.30. The van der Waals surface area contributed by atoms with Gasteiger partial charge in [0, 0.05) is 31.5 Å². The van der Waals surface area contributed by atoms with Crippen LogP contribution in [0.2, 0.25) is 0 Å². The summed E-state index contributed by atoms with van der Waals surface area (Å²) in [5.74, 6) is 0.0243. The number of fused-ring (bicyclic) bond motifs is 1. The van der Waals surface area contributed by atoms with Gasteiger partial charge in [-0.2, -0.15) is 0 Å². The normalized spacial score (nSPS) is 17.4. The molecule has 1 aliphatic heterocycles. The fourth-order valence-corrected chi connectivity index (χ4v) is 3.99. The average Bonchev–Trinajstić information content (AvgIpc) is 3.11. The van der Waals surface area contributed by atoms with E-state index in [0.29, 0.717) is 18.2 Å². The van der Waals surface area contributed by atoms with Crippen molar-refractivity contribution in [1.29, 1.82) is 0 Å². The number of halogens is 1. The van der Waals surface area contributed by atoms with Gasteiger partial charge in [-0.05, 0) is 62.1 Å². The summed E-state index contributed by atoms with van der Waals surface area (Å²) in [7, 11) is 0. The van der Waals surface area contributed by atoms with Crippen molar-refractivity contribution in [1.82, 2.24) is 19.6 Å². The monoisotopic (exact) mass is 395 g/mol. The topological polar surface area (TPSA) is 61.7 Å². The molecule has 7 heteroatoms. The van der Waals surface area contributed by atoms with E-state index in [1.165, 1.54) is 23.4 Å². The molecule has 0 saturated carbocycles. The van der Waals surface area contributed by atoms with Crippen LogP contribution in [-0.2, 0) is 6.54 Å². The molecule has 1 unspecified atom stereocenters. The number of nitrogens with zero attached hydrogens (tertiary/aromatic N) is 3. The lowest BCUT2D eigenvalue weighted by atomic mass is 9.98. The maximum Gasteiger partial charge on any atom is 0.319 e. The van der Waals surface area contributed by atoms with E-state index in [9.17, 15) is 9.18 Å². The third-order valence-electron chi connectivity index (χ3n) is 5.43. The van der Waals surface area contributed by atoms with E-state index < -0.39 is 0 Å². The van der Waals surface area contributed by atoms with Crippen LogP contribution in [0.3, 0.4) is 0 Å². The van der Waals surface area contributed by atoms with E-state index in [4.69, 9.17) is 0 Å². The highest BCUT2D eigenvalue weighted by Gasteiger charge is 2.21. The van der Waals surface area contributed by atoms with Gasteiger partial charge < -0.3 is 15.0 Å². The number of aromatic nitrogens is 2. The number of imidazole rings is 1. The number of hydrogen-bond acceptors (Lipinski definition) is 3. The van der Waals surface area contributed by atoms with Crippen molar-refractivity contribution in [3.05, 3.63) is 65.9 Å². The molecule has 3 aromatic rings. The first-order valence-electron chi connectivity index (χ1n) is 10.0. The largest absolute Gasteiger partial charge is 0.338 e. The van der Waals surface area contributed by atoms with Crippen molar-refractivity contribution in [2.45, 2.75) is 26.3 Å². The number of benzene rings is 1. The number of rotatable bonds is 5. The number of urea groups is 1. The lowest BCUT2D eigenvalue weighted by Crippen LogP contribution is -2.41. The number of carbonyl (C=O) groups is 1. The third kappa shape index (κ3) is 4.74. The van der Waals surface area contributed by atoms with Crippen molar-refractivity contribution in [3.8, 4) is 0 Å². The van der Waals surface area contributed by atoms with E-state index >= 15 is 0 Å². The minimum absolute atomic E-state index is 0.301. The van der Waals surface area contributed by atoms with Gasteiger partial charge in [0.25, 0.3) is 0 Å². The Bertz CT molecular complexity index is 1000. The quantitative estimate of drug-likeness (QED) is 0.691. The number of hydrogen-bond donors (Lipinski definition) is 2. The third-order valence-corrected chi connectivity index (χ3v) is 5.43. The molecule has 4 rings (SSSR count). The Morgan fingerprint density at radius 3 is 3.07 bits per heavy atom. The van der Waals surface area contributed by atoms with Crippen LogP contribution in [0.1, 0.15) is 24.1 Å². The van der Waals surface area contributed by atoms with Gasteiger partial charge in [-0.25, -0.2) is 14.2 Å². The van der Waals surface area contributed by atoms with Crippen molar-refractivity contribution >= 4 is 17.4 Å². The van der Waals surface area contributed by atoms with Crippen LogP contribution >= 0.6 is 0 Å². The highest BCUT2D eigenvalue weighted by molar-refractivity contribution is 5.89. The predicted octanol–water partition coefficient (Wildman–Crippen LogP) is 3.82. The Kier molecular flexibility index (Phi) is 5.76. The fraction of sp³-hybridized carbons (Fsp3) is 0.364. The summed E-state index contributed by atoms with van der Waals surface area (Å²) in [4.78, 5) is 19.1. The molecule has 0 radical (unpaired) electrons. The molecule has 3 heterocycles. The zero-order valence-corrected chi connectivity index (χ0v) is 16.6. The molecule has 2 N–H and O–H groups in total. The van der Waals surface area contributed by atoms with Gasteiger partial charge in [-0.15, -0.1) is 0 Å². The van der Waals surface area contributed by atoms with Gasteiger partial charge in [0.2, 0.25) is 0 Å². The first kappa shape index (κ1) is 19.4. The van der Waals surface area contributed by atoms with Crippen LogP contribution in [0.25, 0.3) is 5.65 Å². The average molecular weight is 395 g/mol. The lowest BCUT2D eigenvalue weighted by molar-refractivity contribution is 0.164. The summed E-state index contributed by atoms with van der Waals surface area (Å²) in [6.45, 7) is 5.49. The highest BCUT2D eigenvalue weighted by atomic mass is 19.1. The van der Waals surface area contributed by atoms with Crippen molar-refractivity contribution in [2.75, 3.05) is 25.0 Å². The molecular formula is C22H26FN5O. The summed E-state index contributed by atoms with van der Waals surface area (Å²) in [5, 5.41) is 5.60. The Labute approximate surface area is 169 Å². The van der Waals surface area contributed by atoms with Gasteiger partial charge in [0.1, 0.15) is 11.5 Å². The first-order valence-corrected chi connectivity index (χ1v) is 10.0. The molecule has 1 saturated heterocycles. The predicted molar refractivity (Wildman–Crippen MR) is 111 cm³/mol. The Morgan fingerprint density at radius 2 is 2.21 bits per heavy atom. The number of carbonyl (C=O) groups excluding carboxylic acids is 1. The molecule has 1 aliphatic rings. The van der Waals surface area contributed by atoms with Gasteiger partial charge in [-0.1, -0.05) is 12.1 Å². The van der Waals surface area contributed by atoms with Gasteiger partial charge in [0.15, 0.2) is 0 Å². The number of pyridine rings is 1. The van der Waals surface area contributed by atoms with Crippen LogP contribution in [0.4, 0.5) is 14.9 Å².